The summed E-state index contributed by atoms with van der Waals surface area (Å²) in [6.07, 6.45) is 3.70. The Morgan fingerprint density at radius 1 is 1.18 bits per heavy atom. The van der Waals surface area contributed by atoms with E-state index in [2.05, 4.69) is 27.7 Å². The van der Waals surface area contributed by atoms with Crippen LogP contribution < -0.4 is 5.73 Å². The van der Waals surface area contributed by atoms with Gasteiger partial charge in [-0.3, -0.25) is 0 Å². The molecule has 0 aromatic heterocycles. The standard InChI is InChI=1S/C10H21N/c1-8-5-9(2,3)7-10(4,11)6-8/h8H,5-7,11H2,1-4H3/t8-,10-/m1/s1. The van der Waals surface area contributed by atoms with Gasteiger partial charge in [0.05, 0.1) is 0 Å². The average molecular weight is 155 g/mol. The summed E-state index contributed by atoms with van der Waals surface area (Å²) < 4.78 is 0. The molecular weight excluding hydrogens is 134 g/mol. The molecule has 0 aromatic rings. The molecule has 0 radical (unpaired) electrons. The Labute approximate surface area is 70.4 Å². The topological polar surface area (TPSA) is 26.0 Å². The van der Waals surface area contributed by atoms with Gasteiger partial charge in [-0.1, -0.05) is 20.8 Å². The van der Waals surface area contributed by atoms with Crippen LogP contribution in [0.1, 0.15) is 47.0 Å². The van der Waals surface area contributed by atoms with E-state index in [4.69, 9.17) is 5.73 Å². The first-order valence-electron chi connectivity index (χ1n) is 4.60. The molecule has 2 N–H and O–H groups in total. The maximum Gasteiger partial charge on any atom is 0.0133 e. The highest BCUT2D eigenvalue weighted by molar-refractivity contribution is 4.93. The summed E-state index contributed by atoms with van der Waals surface area (Å²) in [5, 5.41) is 0. The fraction of sp³-hybridized carbons (Fsp3) is 1.00. The maximum absolute atomic E-state index is 6.14. The van der Waals surface area contributed by atoms with Crippen LogP contribution in [0.4, 0.5) is 0 Å². The first kappa shape index (κ1) is 9.05. The van der Waals surface area contributed by atoms with Crippen molar-refractivity contribution in [2.24, 2.45) is 17.1 Å². The monoisotopic (exact) mass is 155 g/mol. The Kier molecular flexibility index (Phi) is 2.04. The normalized spacial score (nSPS) is 43.9. The Morgan fingerprint density at radius 2 is 1.73 bits per heavy atom. The molecule has 0 aromatic carbocycles. The second-order valence-corrected chi connectivity index (χ2v) is 5.51. The Balaban J connectivity index is 2.66. The predicted octanol–water partition coefficient (Wildman–Crippen LogP) is 2.55. The van der Waals surface area contributed by atoms with Crippen molar-refractivity contribution >= 4 is 0 Å². The lowest BCUT2D eigenvalue weighted by molar-refractivity contribution is 0.119. The molecule has 0 spiro atoms. The zero-order valence-corrected chi connectivity index (χ0v) is 8.28. The van der Waals surface area contributed by atoms with E-state index in [-0.39, 0.29) is 5.54 Å². The van der Waals surface area contributed by atoms with Crippen molar-refractivity contribution < 1.29 is 0 Å². The molecule has 1 heteroatoms. The van der Waals surface area contributed by atoms with Gasteiger partial charge in [0.15, 0.2) is 0 Å². The summed E-state index contributed by atoms with van der Waals surface area (Å²) in [5.74, 6) is 0.800. The van der Waals surface area contributed by atoms with E-state index < -0.39 is 0 Å². The van der Waals surface area contributed by atoms with E-state index in [1.165, 1.54) is 19.3 Å². The molecule has 0 heterocycles. The fourth-order valence-corrected chi connectivity index (χ4v) is 3.05. The van der Waals surface area contributed by atoms with Crippen molar-refractivity contribution in [2.45, 2.75) is 52.5 Å². The van der Waals surface area contributed by atoms with Gasteiger partial charge in [-0.2, -0.15) is 0 Å². The highest BCUT2D eigenvalue weighted by Crippen LogP contribution is 2.42. The number of hydrogen-bond acceptors (Lipinski definition) is 1. The highest BCUT2D eigenvalue weighted by Gasteiger charge is 2.36. The lowest BCUT2D eigenvalue weighted by Crippen LogP contribution is -2.46. The predicted molar refractivity (Wildman–Crippen MR) is 49.4 cm³/mol. The average Bonchev–Trinajstić information content (AvgIpc) is 1.49. The maximum atomic E-state index is 6.14. The largest absolute Gasteiger partial charge is 0.325 e. The van der Waals surface area contributed by atoms with Crippen LogP contribution in [0.3, 0.4) is 0 Å². The molecule has 1 nitrogen and oxygen atoms in total. The van der Waals surface area contributed by atoms with Crippen LogP contribution in [-0.4, -0.2) is 5.54 Å². The molecule has 1 aliphatic rings. The summed E-state index contributed by atoms with van der Waals surface area (Å²) >= 11 is 0. The Morgan fingerprint density at radius 3 is 2.09 bits per heavy atom. The van der Waals surface area contributed by atoms with Crippen molar-refractivity contribution in [2.75, 3.05) is 0 Å². The van der Waals surface area contributed by atoms with Crippen LogP contribution in [0.2, 0.25) is 0 Å². The second-order valence-electron chi connectivity index (χ2n) is 5.51. The van der Waals surface area contributed by atoms with Gasteiger partial charge in [-0.05, 0) is 37.5 Å². The number of hydrogen-bond donors (Lipinski definition) is 1. The van der Waals surface area contributed by atoms with Gasteiger partial charge >= 0.3 is 0 Å². The van der Waals surface area contributed by atoms with E-state index in [0.29, 0.717) is 5.41 Å². The van der Waals surface area contributed by atoms with Gasteiger partial charge in [0.1, 0.15) is 0 Å². The molecule has 1 saturated carbocycles. The fourth-order valence-electron chi connectivity index (χ4n) is 3.05. The van der Waals surface area contributed by atoms with E-state index in [1.54, 1.807) is 0 Å². The molecule has 0 unspecified atom stereocenters. The second kappa shape index (κ2) is 2.48. The molecule has 1 aliphatic carbocycles. The summed E-state index contributed by atoms with van der Waals surface area (Å²) in [6, 6.07) is 0. The van der Waals surface area contributed by atoms with Gasteiger partial charge < -0.3 is 5.73 Å². The quantitative estimate of drug-likeness (QED) is 0.571. The van der Waals surface area contributed by atoms with Gasteiger partial charge in [-0.15, -0.1) is 0 Å². The first-order valence-corrected chi connectivity index (χ1v) is 4.60. The third-order valence-corrected chi connectivity index (χ3v) is 2.60. The Bertz CT molecular complexity index is 131. The van der Waals surface area contributed by atoms with Crippen molar-refractivity contribution in [3.05, 3.63) is 0 Å². The lowest BCUT2D eigenvalue weighted by Gasteiger charge is -2.43. The molecule has 0 aliphatic heterocycles. The zero-order valence-electron chi connectivity index (χ0n) is 8.28. The Hall–Kier alpha value is -0.0400. The molecule has 1 fully saturated rings. The van der Waals surface area contributed by atoms with Crippen LogP contribution in [-0.2, 0) is 0 Å². The van der Waals surface area contributed by atoms with E-state index >= 15 is 0 Å². The summed E-state index contributed by atoms with van der Waals surface area (Å²) in [5.41, 5.74) is 6.69. The molecular formula is C10H21N. The highest BCUT2D eigenvalue weighted by atomic mass is 14.7. The minimum absolute atomic E-state index is 0.0845. The van der Waals surface area contributed by atoms with Gasteiger partial charge in [0.25, 0.3) is 0 Å². The van der Waals surface area contributed by atoms with E-state index in [0.717, 1.165) is 5.92 Å². The van der Waals surface area contributed by atoms with Crippen molar-refractivity contribution in [3.8, 4) is 0 Å². The molecule has 0 bridgehead atoms. The van der Waals surface area contributed by atoms with Crippen LogP contribution in [0.15, 0.2) is 0 Å². The van der Waals surface area contributed by atoms with Crippen LogP contribution in [0.5, 0.6) is 0 Å². The SMILES string of the molecule is C[C@@H]1CC(C)(C)C[C@](C)(N)C1. The third-order valence-electron chi connectivity index (χ3n) is 2.60. The van der Waals surface area contributed by atoms with E-state index in [1.807, 2.05) is 0 Å². The summed E-state index contributed by atoms with van der Waals surface area (Å²) in [4.78, 5) is 0. The van der Waals surface area contributed by atoms with Crippen molar-refractivity contribution in [1.29, 1.82) is 0 Å². The number of rotatable bonds is 0. The van der Waals surface area contributed by atoms with Gasteiger partial charge in [-0.25, -0.2) is 0 Å². The molecule has 66 valence electrons. The third kappa shape index (κ3) is 2.48. The summed E-state index contributed by atoms with van der Waals surface area (Å²) in [6.45, 7) is 9.15. The minimum Gasteiger partial charge on any atom is -0.325 e. The van der Waals surface area contributed by atoms with Gasteiger partial charge in [0, 0.05) is 5.54 Å². The molecule has 0 amide bonds. The molecule has 1 rings (SSSR count). The van der Waals surface area contributed by atoms with Crippen molar-refractivity contribution in [3.63, 3.8) is 0 Å². The van der Waals surface area contributed by atoms with Crippen LogP contribution >= 0.6 is 0 Å². The van der Waals surface area contributed by atoms with Gasteiger partial charge in [0.2, 0.25) is 0 Å². The lowest BCUT2D eigenvalue weighted by atomic mass is 9.65. The van der Waals surface area contributed by atoms with Crippen LogP contribution in [0, 0.1) is 11.3 Å². The minimum atomic E-state index is 0.0845. The first-order chi connectivity index (χ1) is 4.81. The summed E-state index contributed by atoms with van der Waals surface area (Å²) in [7, 11) is 0. The van der Waals surface area contributed by atoms with Crippen molar-refractivity contribution in [1.82, 2.24) is 0 Å². The smallest absolute Gasteiger partial charge is 0.0133 e. The molecule has 11 heavy (non-hydrogen) atoms. The van der Waals surface area contributed by atoms with E-state index in [9.17, 15) is 0 Å². The zero-order chi connectivity index (χ0) is 8.70. The molecule has 0 saturated heterocycles. The van der Waals surface area contributed by atoms with Crippen LogP contribution in [0.25, 0.3) is 0 Å². The molecule has 2 atom stereocenters. The number of nitrogens with two attached hydrogens (primary N) is 1.